The zero-order valence-electron chi connectivity index (χ0n) is 21.7. The molecule has 9 heteroatoms. The van der Waals surface area contributed by atoms with E-state index in [-0.39, 0.29) is 17.7 Å². The quantitative estimate of drug-likeness (QED) is 0.367. The van der Waals surface area contributed by atoms with Gasteiger partial charge in [0, 0.05) is 62.2 Å². The van der Waals surface area contributed by atoms with Gasteiger partial charge in [0.15, 0.2) is 0 Å². The van der Waals surface area contributed by atoms with Gasteiger partial charge in [-0.2, -0.15) is 4.98 Å². The molecule has 1 aromatic carbocycles. The highest BCUT2D eigenvalue weighted by atomic mass is 16.2. The van der Waals surface area contributed by atoms with Crippen molar-refractivity contribution in [3.05, 3.63) is 41.6 Å². The summed E-state index contributed by atoms with van der Waals surface area (Å²) in [7, 11) is 5.81. The number of nitrogens with one attached hydrogen (secondary N) is 3. The lowest BCUT2D eigenvalue weighted by molar-refractivity contribution is -0.127. The van der Waals surface area contributed by atoms with E-state index in [1.165, 1.54) is 6.42 Å². The van der Waals surface area contributed by atoms with Gasteiger partial charge in [-0.05, 0) is 70.3 Å². The van der Waals surface area contributed by atoms with E-state index in [2.05, 4.69) is 25.8 Å². The van der Waals surface area contributed by atoms with Gasteiger partial charge in [0.1, 0.15) is 5.82 Å². The highest BCUT2D eigenvalue weighted by molar-refractivity contribution is 5.95. The predicted molar refractivity (Wildman–Crippen MR) is 143 cm³/mol. The van der Waals surface area contributed by atoms with E-state index in [1.54, 1.807) is 4.90 Å². The molecule has 0 aliphatic heterocycles. The third-order valence-corrected chi connectivity index (χ3v) is 6.85. The number of hydrogen-bond donors (Lipinski definition) is 3. The Morgan fingerprint density at radius 3 is 2.56 bits per heavy atom. The molecule has 2 saturated carbocycles. The van der Waals surface area contributed by atoms with Crippen LogP contribution >= 0.6 is 0 Å². The number of benzene rings is 1. The van der Waals surface area contributed by atoms with E-state index in [9.17, 15) is 9.59 Å². The Morgan fingerprint density at radius 2 is 1.86 bits per heavy atom. The molecule has 0 saturated heterocycles. The van der Waals surface area contributed by atoms with E-state index >= 15 is 0 Å². The number of hydrogen-bond acceptors (Lipinski definition) is 7. The van der Waals surface area contributed by atoms with Crippen molar-refractivity contribution in [3.8, 4) is 0 Å². The Morgan fingerprint density at radius 1 is 1.06 bits per heavy atom. The second-order valence-electron chi connectivity index (χ2n) is 10.2. The molecular formula is C27H39N7O2. The van der Waals surface area contributed by atoms with Crippen LogP contribution in [0.2, 0.25) is 0 Å². The first-order chi connectivity index (χ1) is 17.4. The maximum Gasteiger partial charge on any atom is 0.253 e. The highest BCUT2D eigenvalue weighted by Crippen LogP contribution is 2.42. The molecule has 2 fully saturated rings. The zero-order chi connectivity index (χ0) is 25.5. The molecule has 0 spiro atoms. The van der Waals surface area contributed by atoms with Crippen LogP contribution in [0.5, 0.6) is 0 Å². The summed E-state index contributed by atoms with van der Waals surface area (Å²) in [6.45, 7) is 2.87. The van der Waals surface area contributed by atoms with Crippen molar-refractivity contribution in [2.75, 3.05) is 58.0 Å². The van der Waals surface area contributed by atoms with Crippen molar-refractivity contribution in [3.63, 3.8) is 0 Å². The highest BCUT2D eigenvalue weighted by Gasteiger charge is 2.28. The van der Waals surface area contributed by atoms with Crippen molar-refractivity contribution in [1.29, 1.82) is 0 Å². The normalized spacial score (nSPS) is 15.3. The van der Waals surface area contributed by atoms with Crippen molar-refractivity contribution in [2.45, 2.75) is 44.4 Å². The van der Waals surface area contributed by atoms with Crippen LogP contribution in [0.1, 0.15) is 60.4 Å². The van der Waals surface area contributed by atoms with Gasteiger partial charge >= 0.3 is 0 Å². The maximum absolute atomic E-state index is 12.8. The average molecular weight is 494 g/mol. The largest absolute Gasteiger partial charge is 0.370 e. The van der Waals surface area contributed by atoms with Gasteiger partial charge in [-0.3, -0.25) is 9.59 Å². The zero-order valence-corrected chi connectivity index (χ0v) is 21.7. The Hall–Kier alpha value is -3.20. The first-order valence-electron chi connectivity index (χ1n) is 13.1. The van der Waals surface area contributed by atoms with Crippen LogP contribution in [0.25, 0.3) is 0 Å². The molecule has 0 radical (unpaired) electrons. The molecule has 2 aliphatic rings. The summed E-state index contributed by atoms with van der Waals surface area (Å²) in [5.41, 5.74) is 2.54. The number of likely N-dealkylation sites (N-methyl/N-ethyl adjacent to an activating group) is 2. The summed E-state index contributed by atoms with van der Waals surface area (Å²) in [6, 6.07) is 7.44. The Balaban J connectivity index is 1.34. The molecule has 2 aliphatic carbocycles. The molecule has 194 valence electrons. The van der Waals surface area contributed by atoms with Crippen LogP contribution in [0.15, 0.2) is 30.5 Å². The standard InChI is InChI=1S/C27H39N7O2/c1-33(2)15-16-34(3)26(36)21-9-5-10-22(17-21)31-27-30-18-23(19-11-12-19)24(32-27)28-13-6-14-29-25(35)20-7-4-8-20/h5,9-10,17-20H,4,6-8,11-16H2,1-3H3,(H,29,35)(H2,28,30,31,32). The number of carbonyl (C=O) groups excluding carboxylic acids is 2. The van der Waals surface area contributed by atoms with Gasteiger partial charge in [0.2, 0.25) is 11.9 Å². The molecule has 0 bridgehead atoms. The average Bonchev–Trinajstić information content (AvgIpc) is 3.66. The number of anilines is 3. The van der Waals surface area contributed by atoms with Crippen LogP contribution in [-0.4, -0.2) is 78.9 Å². The summed E-state index contributed by atoms with van der Waals surface area (Å²) < 4.78 is 0. The third-order valence-electron chi connectivity index (χ3n) is 6.85. The van der Waals surface area contributed by atoms with Crippen molar-refractivity contribution in [1.82, 2.24) is 25.1 Å². The molecular weight excluding hydrogens is 454 g/mol. The van der Waals surface area contributed by atoms with Crippen LogP contribution in [-0.2, 0) is 4.79 Å². The summed E-state index contributed by atoms with van der Waals surface area (Å²) >= 11 is 0. The van der Waals surface area contributed by atoms with Gasteiger partial charge in [0.05, 0.1) is 0 Å². The predicted octanol–water partition coefficient (Wildman–Crippen LogP) is 3.45. The van der Waals surface area contributed by atoms with Crippen molar-refractivity contribution < 1.29 is 9.59 Å². The SMILES string of the molecule is CN(C)CCN(C)C(=O)c1cccc(Nc2ncc(C3CC3)c(NCCCNC(=O)C3CCC3)n2)c1. The molecule has 0 unspecified atom stereocenters. The van der Waals surface area contributed by atoms with Gasteiger partial charge in [-0.15, -0.1) is 0 Å². The number of amides is 2. The minimum absolute atomic E-state index is 0.0164. The van der Waals surface area contributed by atoms with Crippen LogP contribution in [0.4, 0.5) is 17.5 Å². The number of rotatable bonds is 13. The minimum Gasteiger partial charge on any atom is -0.370 e. The molecule has 1 heterocycles. The van der Waals surface area contributed by atoms with E-state index in [1.807, 2.05) is 51.6 Å². The summed E-state index contributed by atoms with van der Waals surface area (Å²) in [4.78, 5) is 37.9. The fraction of sp³-hybridized carbons (Fsp3) is 0.556. The second kappa shape index (κ2) is 12.2. The molecule has 3 N–H and O–H groups in total. The second-order valence-corrected chi connectivity index (χ2v) is 10.2. The molecule has 2 amide bonds. The lowest BCUT2D eigenvalue weighted by Gasteiger charge is -2.24. The first kappa shape index (κ1) is 25.9. The molecule has 4 rings (SSSR count). The lowest BCUT2D eigenvalue weighted by Crippen LogP contribution is -2.35. The van der Waals surface area contributed by atoms with Gasteiger partial charge in [-0.1, -0.05) is 12.5 Å². The Bertz CT molecular complexity index is 1050. The summed E-state index contributed by atoms with van der Waals surface area (Å²) in [6.07, 6.45) is 8.27. The molecule has 36 heavy (non-hydrogen) atoms. The monoisotopic (exact) mass is 493 g/mol. The van der Waals surface area contributed by atoms with Gasteiger partial charge in [-0.25, -0.2) is 4.98 Å². The molecule has 0 atom stereocenters. The van der Waals surface area contributed by atoms with Gasteiger partial charge in [0.25, 0.3) is 5.91 Å². The molecule has 2 aromatic rings. The van der Waals surface area contributed by atoms with Crippen molar-refractivity contribution in [2.24, 2.45) is 5.92 Å². The van der Waals surface area contributed by atoms with Crippen LogP contribution in [0.3, 0.4) is 0 Å². The van der Waals surface area contributed by atoms with E-state index in [0.29, 0.717) is 30.5 Å². The maximum atomic E-state index is 12.8. The van der Waals surface area contributed by atoms with Crippen LogP contribution < -0.4 is 16.0 Å². The van der Waals surface area contributed by atoms with Crippen molar-refractivity contribution >= 4 is 29.3 Å². The third kappa shape index (κ3) is 7.16. The number of aromatic nitrogens is 2. The van der Waals surface area contributed by atoms with Gasteiger partial charge < -0.3 is 25.8 Å². The Kier molecular flexibility index (Phi) is 8.74. The topological polar surface area (TPSA) is 102 Å². The van der Waals surface area contributed by atoms with E-state index in [0.717, 1.165) is 62.3 Å². The minimum atomic E-state index is -0.0164. The molecule has 9 nitrogen and oxygen atoms in total. The summed E-state index contributed by atoms with van der Waals surface area (Å²) in [5, 5.41) is 9.75. The van der Waals surface area contributed by atoms with E-state index < -0.39 is 0 Å². The van der Waals surface area contributed by atoms with Crippen LogP contribution in [0, 0.1) is 5.92 Å². The van der Waals surface area contributed by atoms with E-state index in [4.69, 9.17) is 4.98 Å². The lowest BCUT2D eigenvalue weighted by atomic mass is 9.85. The fourth-order valence-electron chi connectivity index (χ4n) is 4.14. The molecule has 1 aromatic heterocycles. The number of carbonyl (C=O) groups is 2. The smallest absolute Gasteiger partial charge is 0.253 e. The Labute approximate surface area is 214 Å². The summed E-state index contributed by atoms with van der Waals surface area (Å²) in [5.74, 6) is 2.25. The first-order valence-corrected chi connectivity index (χ1v) is 13.1. The number of nitrogens with zero attached hydrogens (tertiary/aromatic N) is 4. The fourth-order valence-corrected chi connectivity index (χ4v) is 4.14.